The van der Waals surface area contributed by atoms with E-state index in [1.165, 1.54) is 31.4 Å². The highest BCUT2D eigenvalue weighted by Gasteiger charge is 2.36. The number of ether oxygens (including phenoxy) is 2. The molecule has 1 saturated heterocycles. The van der Waals surface area contributed by atoms with E-state index < -0.39 is 44.8 Å². The van der Waals surface area contributed by atoms with Crippen LogP contribution in [0, 0.1) is 34.1 Å². The smallest absolute Gasteiger partial charge is 0.318 e. The Hall–Kier alpha value is -5.24. The van der Waals surface area contributed by atoms with Gasteiger partial charge in [-0.15, -0.1) is 0 Å². The van der Waals surface area contributed by atoms with Crippen LogP contribution in [-0.4, -0.2) is 45.5 Å². The molecule has 1 fully saturated rings. The summed E-state index contributed by atoms with van der Waals surface area (Å²) in [6, 6.07) is 12.8. The number of carbonyl (C=O) groups is 3. The van der Waals surface area contributed by atoms with Crippen molar-refractivity contribution in [3.8, 4) is 17.2 Å². The van der Waals surface area contributed by atoms with E-state index in [2.05, 4.69) is 5.32 Å². The van der Waals surface area contributed by atoms with E-state index in [9.17, 15) is 34.6 Å². The summed E-state index contributed by atoms with van der Waals surface area (Å²) < 4.78 is 11.0. The minimum atomic E-state index is -0.804. The Morgan fingerprint density at radius 1 is 1.00 bits per heavy atom. The van der Waals surface area contributed by atoms with Gasteiger partial charge >= 0.3 is 5.69 Å². The third-order valence-corrected chi connectivity index (χ3v) is 7.02. The number of methoxy groups -OCH3 is 1. The van der Waals surface area contributed by atoms with Gasteiger partial charge in [-0.25, -0.2) is 0 Å². The molecule has 3 aromatic rings. The van der Waals surface area contributed by atoms with Crippen molar-refractivity contribution in [3.05, 3.63) is 96.4 Å². The predicted octanol–water partition coefficient (Wildman–Crippen LogP) is 5.60. The molecular formula is C27H22N4O9S. The van der Waals surface area contributed by atoms with Crippen molar-refractivity contribution in [1.29, 1.82) is 0 Å². The van der Waals surface area contributed by atoms with Crippen LogP contribution in [0.25, 0.3) is 6.08 Å². The molecule has 1 aliphatic rings. The SMILES string of the molecule is COc1cc(/C=C2/SC(=O)N(CC(=O)Nc3cccc(C)c3C)C2=O)ccc1Oc1ccc([N+](=O)[O-])cc1[N+](=O)[O-]. The van der Waals surface area contributed by atoms with Crippen molar-refractivity contribution >= 4 is 52.0 Å². The van der Waals surface area contributed by atoms with Gasteiger partial charge in [-0.3, -0.25) is 39.5 Å². The summed E-state index contributed by atoms with van der Waals surface area (Å²) >= 11 is 0.676. The predicted molar refractivity (Wildman–Crippen MR) is 150 cm³/mol. The first kappa shape index (κ1) is 28.8. The maximum absolute atomic E-state index is 12.9. The van der Waals surface area contributed by atoms with Gasteiger partial charge in [-0.2, -0.15) is 0 Å². The maximum atomic E-state index is 12.9. The van der Waals surface area contributed by atoms with Crippen molar-refractivity contribution in [2.45, 2.75) is 13.8 Å². The molecule has 3 aromatic carbocycles. The lowest BCUT2D eigenvalue weighted by atomic mass is 10.1. The minimum absolute atomic E-state index is 0.0674. The van der Waals surface area contributed by atoms with Gasteiger partial charge in [0.2, 0.25) is 11.7 Å². The van der Waals surface area contributed by atoms with Crippen LogP contribution in [0.1, 0.15) is 16.7 Å². The van der Waals surface area contributed by atoms with Gasteiger partial charge in [-0.1, -0.05) is 18.2 Å². The van der Waals surface area contributed by atoms with E-state index in [0.717, 1.165) is 34.2 Å². The monoisotopic (exact) mass is 578 g/mol. The molecule has 13 nitrogen and oxygen atoms in total. The van der Waals surface area contributed by atoms with E-state index in [4.69, 9.17) is 9.47 Å². The van der Waals surface area contributed by atoms with Crippen LogP contribution < -0.4 is 14.8 Å². The van der Waals surface area contributed by atoms with Crippen LogP contribution in [0.4, 0.5) is 21.9 Å². The second-order valence-corrected chi connectivity index (χ2v) is 9.74. The number of thioether (sulfide) groups is 1. The van der Waals surface area contributed by atoms with Crippen LogP contribution in [-0.2, 0) is 9.59 Å². The molecule has 0 bridgehead atoms. The number of aryl methyl sites for hydroxylation is 1. The molecule has 210 valence electrons. The fourth-order valence-corrected chi connectivity index (χ4v) is 4.67. The average Bonchev–Trinajstić information content (AvgIpc) is 3.19. The molecular weight excluding hydrogens is 556 g/mol. The summed E-state index contributed by atoms with van der Waals surface area (Å²) in [6.45, 7) is 3.30. The largest absolute Gasteiger partial charge is 0.493 e. The highest BCUT2D eigenvalue weighted by molar-refractivity contribution is 8.18. The van der Waals surface area contributed by atoms with Gasteiger partial charge in [-0.05, 0) is 72.6 Å². The Bertz CT molecular complexity index is 1640. The molecule has 0 atom stereocenters. The lowest BCUT2D eigenvalue weighted by Gasteiger charge is -2.14. The molecule has 3 amide bonds. The maximum Gasteiger partial charge on any atom is 0.318 e. The number of nitrogens with zero attached hydrogens (tertiary/aromatic N) is 3. The number of anilines is 1. The first-order chi connectivity index (χ1) is 19.5. The second kappa shape index (κ2) is 11.9. The quantitative estimate of drug-likeness (QED) is 0.191. The summed E-state index contributed by atoms with van der Waals surface area (Å²) in [5.74, 6) is -1.20. The number of nitro benzene ring substituents is 2. The van der Waals surface area contributed by atoms with E-state index in [0.29, 0.717) is 23.0 Å². The summed E-state index contributed by atoms with van der Waals surface area (Å²) in [6.07, 6.45) is 1.44. The zero-order chi connectivity index (χ0) is 29.8. The number of benzene rings is 3. The standard InChI is InChI=1S/C27H22N4O9S/c1-15-5-4-6-19(16(15)2)28-25(32)14-29-26(33)24(41-27(29)34)12-17-7-9-22(23(11-17)39-3)40-21-10-8-18(30(35)36)13-20(21)31(37)38/h4-13H,14H2,1-3H3,(H,28,32)/b24-12+. The molecule has 0 spiro atoms. The van der Waals surface area contributed by atoms with Gasteiger partial charge in [0, 0.05) is 11.8 Å². The van der Waals surface area contributed by atoms with E-state index in [-0.39, 0.29) is 22.2 Å². The number of nitrogens with one attached hydrogen (secondary N) is 1. The molecule has 0 aliphatic carbocycles. The Kier molecular flexibility index (Phi) is 8.33. The van der Waals surface area contributed by atoms with Crippen molar-refractivity contribution in [2.24, 2.45) is 0 Å². The third kappa shape index (κ3) is 6.33. The Labute approximate surface area is 237 Å². The molecule has 0 saturated carbocycles. The molecule has 41 heavy (non-hydrogen) atoms. The molecule has 0 unspecified atom stereocenters. The van der Waals surface area contributed by atoms with Gasteiger partial charge < -0.3 is 14.8 Å². The zero-order valence-corrected chi connectivity index (χ0v) is 22.7. The third-order valence-electron chi connectivity index (χ3n) is 6.11. The summed E-state index contributed by atoms with van der Waals surface area (Å²) in [5, 5.41) is 24.5. The first-order valence-electron chi connectivity index (χ1n) is 11.9. The normalized spacial score (nSPS) is 13.8. The Balaban J connectivity index is 1.51. The van der Waals surface area contributed by atoms with E-state index in [1.54, 1.807) is 12.1 Å². The van der Waals surface area contributed by atoms with Crippen molar-refractivity contribution < 1.29 is 33.7 Å². The molecule has 1 N–H and O–H groups in total. The number of hydrogen-bond acceptors (Lipinski definition) is 10. The van der Waals surface area contributed by atoms with Crippen molar-refractivity contribution in [3.63, 3.8) is 0 Å². The number of rotatable bonds is 9. The fraction of sp³-hybridized carbons (Fsp3) is 0.148. The van der Waals surface area contributed by atoms with Crippen molar-refractivity contribution in [1.82, 2.24) is 4.90 Å². The second-order valence-electron chi connectivity index (χ2n) is 8.74. The van der Waals surface area contributed by atoms with Crippen LogP contribution in [0.15, 0.2) is 59.5 Å². The molecule has 1 heterocycles. The molecule has 14 heteroatoms. The molecule has 1 aliphatic heterocycles. The number of nitro groups is 2. The zero-order valence-electron chi connectivity index (χ0n) is 21.9. The minimum Gasteiger partial charge on any atom is -0.493 e. The molecule has 0 aromatic heterocycles. The highest BCUT2D eigenvalue weighted by atomic mass is 32.2. The van der Waals surface area contributed by atoms with Crippen molar-refractivity contribution in [2.75, 3.05) is 19.0 Å². The fourth-order valence-electron chi connectivity index (χ4n) is 3.83. The number of hydrogen-bond donors (Lipinski definition) is 1. The summed E-state index contributed by atoms with van der Waals surface area (Å²) in [7, 11) is 1.33. The average molecular weight is 579 g/mol. The lowest BCUT2D eigenvalue weighted by molar-refractivity contribution is -0.394. The number of carbonyl (C=O) groups excluding carboxylic acids is 3. The van der Waals surface area contributed by atoms with E-state index in [1.807, 2.05) is 19.9 Å². The van der Waals surface area contributed by atoms with E-state index >= 15 is 0 Å². The molecule has 4 rings (SSSR count). The summed E-state index contributed by atoms with van der Waals surface area (Å²) in [5.41, 5.74) is 1.81. The molecule has 0 radical (unpaired) electrons. The number of imide groups is 1. The number of non-ortho nitro benzene ring substituents is 1. The summed E-state index contributed by atoms with van der Waals surface area (Å²) in [4.78, 5) is 59.8. The van der Waals surface area contributed by atoms with Crippen LogP contribution >= 0.6 is 11.8 Å². The Morgan fingerprint density at radius 3 is 2.41 bits per heavy atom. The van der Waals surface area contributed by atoms with Gasteiger partial charge in [0.05, 0.1) is 27.9 Å². The van der Waals surface area contributed by atoms with Gasteiger partial charge in [0.15, 0.2) is 11.5 Å². The highest BCUT2D eigenvalue weighted by Crippen LogP contribution is 2.39. The van der Waals surface area contributed by atoms with Gasteiger partial charge in [0.25, 0.3) is 16.8 Å². The number of amides is 3. The Morgan fingerprint density at radius 2 is 1.73 bits per heavy atom. The lowest BCUT2D eigenvalue weighted by Crippen LogP contribution is -2.36. The first-order valence-corrected chi connectivity index (χ1v) is 12.7. The topological polar surface area (TPSA) is 171 Å². The van der Waals surface area contributed by atoms with Crippen LogP contribution in [0.5, 0.6) is 17.2 Å². The van der Waals surface area contributed by atoms with Crippen LogP contribution in [0.3, 0.4) is 0 Å². The van der Waals surface area contributed by atoms with Gasteiger partial charge in [0.1, 0.15) is 6.54 Å². The van der Waals surface area contributed by atoms with Crippen LogP contribution in [0.2, 0.25) is 0 Å².